The van der Waals surface area contributed by atoms with Gasteiger partial charge in [0.1, 0.15) is 11.6 Å². The molecule has 2 rings (SSSR count). The molecule has 6 heteroatoms. The molecule has 0 atom stereocenters. The van der Waals surface area contributed by atoms with Gasteiger partial charge in [-0.15, -0.1) is 0 Å². The number of benzene rings is 2. The summed E-state index contributed by atoms with van der Waals surface area (Å²) in [4.78, 5) is 12.2. The number of rotatable bonds is 3. The minimum atomic E-state index is -0.653. The molecule has 0 aliphatic carbocycles. The van der Waals surface area contributed by atoms with Crippen LogP contribution in [0.5, 0.6) is 5.75 Å². The van der Waals surface area contributed by atoms with Gasteiger partial charge < -0.3 is 15.8 Å². The second-order valence-electron chi connectivity index (χ2n) is 4.49. The zero-order valence-electron chi connectivity index (χ0n) is 11.5. The number of nitrogen functional groups attached to an aromatic ring is 1. The molecular formula is C15H14BrFN2O2. The second-order valence-corrected chi connectivity index (χ2v) is 5.40. The number of halogens is 2. The van der Waals surface area contributed by atoms with E-state index in [2.05, 4.69) is 21.2 Å². The number of hydrogen-bond donors (Lipinski definition) is 2. The first kappa shape index (κ1) is 15.3. The van der Waals surface area contributed by atoms with Crippen molar-refractivity contribution in [2.75, 3.05) is 18.2 Å². The van der Waals surface area contributed by atoms with Crippen molar-refractivity contribution in [3.63, 3.8) is 0 Å². The number of nitrogens with one attached hydrogen (secondary N) is 1. The molecule has 0 unspecified atom stereocenters. The molecule has 3 N–H and O–H groups in total. The zero-order valence-corrected chi connectivity index (χ0v) is 13.1. The molecule has 0 bridgehead atoms. The number of amides is 1. The molecule has 1 amide bonds. The van der Waals surface area contributed by atoms with E-state index in [9.17, 15) is 9.18 Å². The van der Waals surface area contributed by atoms with Crippen molar-refractivity contribution >= 4 is 33.2 Å². The van der Waals surface area contributed by atoms with Gasteiger partial charge in [-0.1, -0.05) is 15.9 Å². The summed E-state index contributed by atoms with van der Waals surface area (Å²) >= 11 is 3.32. The normalized spacial score (nSPS) is 10.3. The Morgan fingerprint density at radius 3 is 2.62 bits per heavy atom. The summed E-state index contributed by atoms with van der Waals surface area (Å²) in [7, 11) is 1.43. The molecule has 0 fully saturated rings. The largest absolute Gasteiger partial charge is 0.497 e. The fraction of sp³-hybridized carbons (Fsp3) is 0.133. The summed E-state index contributed by atoms with van der Waals surface area (Å²) < 4.78 is 19.6. The van der Waals surface area contributed by atoms with Crippen LogP contribution in [-0.2, 0) is 0 Å². The van der Waals surface area contributed by atoms with E-state index in [0.717, 1.165) is 16.1 Å². The highest BCUT2D eigenvalue weighted by Crippen LogP contribution is 2.28. The van der Waals surface area contributed by atoms with Crippen molar-refractivity contribution in [3.8, 4) is 5.75 Å². The molecule has 4 nitrogen and oxygen atoms in total. The molecule has 0 aliphatic heterocycles. The Morgan fingerprint density at radius 1 is 1.33 bits per heavy atom. The van der Waals surface area contributed by atoms with Crippen molar-refractivity contribution in [1.29, 1.82) is 0 Å². The lowest BCUT2D eigenvalue weighted by Crippen LogP contribution is -2.15. The van der Waals surface area contributed by atoms with Crippen LogP contribution in [0.4, 0.5) is 15.8 Å². The smallest absolute Gasteiger partial charge is 0.258 e. The van der Waals surface area contributed by atoms with Crippen molar-refractivity contribution < 1.29 is 13.9 Å². The van der Waals surface area contributed by atoms with Gasteiger partial charge in [0.25, 0.3) is 5.91 Å². The van der Waals surface area contributed by atoms with Gasteiger partial charge in [0.05, 0.1) is 24.0 Å². The summed E-state index contributed by atoms with van der Waals surface area (Å²) in [5, 5.41) is 2.63. The number of anilines is 2. The molecule has 2 aromatic rings. The van der Waals surface area contributed by atoms with E-state index in [1.807, 2.05) is 6.07 Å². The molecule has 110 valence electrons. The molecular weight excluding hydrogens is 339 g/mol. The maximum atomic E-state index is 13.9. The summed E-state index contributed by atoms with van der Waals surface area (Å²) in [5.41, 5.74) is 7.46. The fourth-order valence-electron chi connectivity index (χ4n) is 1.93. The molecule has 0 aliphatic rings. The Balaban J connectivity index is 2.30. The highest BCUT2D eigenvalue weighted by Gasteiger charge is 2.15. The first-order valence-electron chi connectivity index (χ1n) is 6.13. The number of aryl methyl sites for hydroxylation is 1. The Kier molecular flexibility index (Phi) is 4.47. The summed E-state index contributed by atoms with van der Waals surface area (Å²) in [5.74, 6) is -0.865. The highest BCUT2D eigenvalue weighted by atomic mass is 79.9. The number of nitrogens with two attached hydrogens (primary N) is 1. The van der Waals surface area contributed by atoms with E-state index in [1.54, 1.807) is 13.0 Å². The minimum Gasteiger partial charge on any atom is -0.497 e. The van der Waals surface area contributed by atoms with Crippen LogP contribution in [0.2, 0.25) is 0 Å². The summed E-state index contributed by atoms with van der Waals surface area (Å²) in [6, 6.07) is 7.54. The second kappa shape index (κ2) is 6.13. The van der Waals surface area contributed by atoms with Crippen LogP contribution < -0.4 is 15.8 Å². The molecule has 0 spiro atoms. The lowest BCUT2D eigenvalue weighted by Gasteiger charge is -2.12. The van der Waals surface area contributed by atoms with Crippen LogP contribution in [0.25, 0.3) is 0 Å². The highest BCUT2D eigenvalue weighted by molar-refractivity contribution is 9.10. The topological polar surface area (TPSA) is 64.3 Å². The molecule has 21 heavy (non-hydrogen) atoms. The first-order chi connectivity index (χ1) is 9.92. The van der Waals surface area contributed by atoms with Gasteiger partial charge in [-0.05, 0) is 36.8 Å². The van der Waals surface area contributed by atoms with Gasteiger partial charge >= 0.3 is 0 Å². The Hall–Kier alpha value is -2.08. The van der Waals surface area contributed by atoms with Crippen molar-refractivity contribution in [3.05, 3.63) is 51.7 Å². The number of methoxy groups -OCH3 is 1. The van der Waals surface area contributed by atoms with Crippen molar-refractivity contribution in [2.24, 2.45) is 0 Å². The zero-order chi connectivity index (χ0) is 15.6. The number of carbonyl (C=O) groups is 1. The standard InChI is InChI=1S/C15H14BrFN2O2/c1-8-5-9(16)6-13(18)14(8)19-15(20)11-4-3-10(21-2)7-12(11)17/h3-7H,18H2,1-2H3,(H,19,20). The maximum Gasteiger partial charge on any atom is 0.258 e. The average Bonchev–Trinajstić information content (AvgIpc) is 2.42. The van der Waals surface area contributed by atoms with Crippen molar-refractivity contribution in [2.45, 2.75) is 6.92 Å². The average molecular weight is 353 g/mol. The van der Waals surface area contributed by atoms with E-state index < -0.39 is 11.7 Å². The van der Waals surface area contributed by atoms with E-state index >= 15 is 0 Å². The molecule has 2 aromatic carbocycles. The van der Waals surface area contributed by atoms with E-state index in [4.69, 9.17) is 10.5 Å². The van der Waals surface area contributed by atoms with Crippen molar-refractivity contribution in [1.82, 2.24) is 0 Å². The Bertz CT molecular complexity index is 681. The monoisotopic (exact) mass is 352 g/mol. The summed E-state index contributed by atoms with van der Waals surface area (Å²) in [6.45, 7) is 1.81. The number of hydrogen-bond acceptors (Lipinski definition) is 3. The van der Waals surface area contributed by atoms with Gasteiger partial charge in [0.15, 0.2) is 0 Å². The quantitative estimate of drug-likeness (QED) is 0.827. The van der Waals surface area contributed by atoms with Gasteiger partial charge in [-0.25, -0.2) is 4.39 Å². The Labute approximate surface area is 130 Å². The maximum absolute atomic E-state index is 13.9. The predicted octanol–water partition coefficient (Wildman–Crippen LogP) is 3.74. The van der Waals surface area contributed by atoms with Crippen LogP contribution in [0, 0.1) is 12.7 Å². The number of ether oxygens (including phenoxy) is 1. The van der Waals surface area contributed by atoms with E-state index in [0.29, 0.717) is 17.1 Å². The molecule has 0 radical (unpaired) electrons. The van der Waals surface area contributed by atoms with E-state index in [-0.39, 0.29) is 5.56 Å². The van der Waals surface area contributed by atoms with E-state index in [1.165, 1.54) is 19.2 Å². The van der Waals surface area contributed by atoms with Crippen LogP contribution in [0.15, 0.2) is 34.8 Å². The van der Waals surface area contributed by atoms with Gasteiger partial charge in [-0.3, -0.25) is 4.79 Å². The minimum absolute atomic E-state index is 0.0717. The SMILES string of the molecule is COc1ccc(C(=O)Nc2c(C)cc(Br)cc2N)c(F)c1. The Morgan fingerprint density at radius 2 is 2.05 bits per heavy atom. The summed E-state index contributed by atoms with van der Waals surface area (Å²) in [6.07, 6.45) is 0. The van der Waals surface area contributed by atoms with Crippen LogP contribution in [0.1, 0.15) is 15.9 Å². The molecule has 0 saturated heterocycles. The van der Waals surface area contributed by atoms with Crippen LogP contribution in [-0.4, -0.2) is 13.0 Å². The fourth-order valence-corrected chi connectivity index (χ4v) is 2.52. The lowest BCUT2D eigenvalue weighted by atomic mass is 10.1. The molecule has 0 saturated carbocycles. The lowest BCUT2D eigenvalue weighted by molar-refractivity contribution is 0.102. The predicted molar refractivity (Wildman–Crippen MR) is 84.2 cm³/mol. The molecule has 0 aromatic heterocycles. The van der Waals surface area contributed by atoms with Gasteiger partial charge in [-0.2, -0.15) is 0 Å². The van der Waals surface area contributed by atoms with Crippen LogP contribution in [0.3, 0.4) is 0 Å². The first-order valence-corrected chi connectivity index (χ1v) is 6.92. The third kappa shape index (κ3) is 3.33. The van der Waals surface area contributed by atoms with Gasteiger partial charge in [0.2, 0.25) is 0 Å². The van der Waals surface area contributed by atoms with Crippen LogP contribution >= 0.6 is 15.9 Å². The number of carbonyl (C=O) groups excluding carboxylic acids is 1. The molecule has 0 heterocycles. The van der Waals surface area contributed by atoms with Gasteiger partial charge in [0, 0.05) is 10.5 Å². The third-order valence-corrected chi connectivity index (χ3v) is 3.45. The third-order valence-electron chi connectivity index (χ3n) is 2.99.